The van der Waals surface area contributed by atoms with E-state index in [4.69, 9.17) is 0 Å². The number of nitrogens with zero attached hydrogens (tertiary/aromatic N) is 3. The molecule has 2 aliphatic heterocycles. The standard InChI is InChI=1S/C24H30N4O3S2/c1-3-11-24(22(30)28(23(31)26-24)15-10-18-6-5-16-33-18)17-8-13-27(14-9-17)21(29)19-7-4-12-25-20(19)32-2/h4-7,12,16-17H,3,8-11,13-15H2,1-2H3,(H,26,31). The Kier molecular flexibility index (Phi) is 7.38. The zero-order valence-electron chi connectivity index (χ0n) is 19.1. The Morgan fingerprint density at radius 2 is 2.06 bits per heavy atom. The number of likely N-dealkylation sites (tertiary alicyclic amines) is 1. The number of piperidine rings is 1. The first-order valence-electron chi connectivity index (χ1n) is 11.4. The lowest BCUT2D eigenvalue weighted by atomic mass is 9.74. The molecule has 7 nitrogen and oxygen atoms in total. The highest BCUT2D eigenvalue weighted by Crippen LogP contribution is 2.37. The van der Waals surface area contributed by atoms with E-state index in [0.29, 0.717) is 50.9 Å². The van der Waals surface area contributed by atoms with Crippen LogP contribution in [0.25, 0.3) is 0 Å². The monoisotopic (exact) mass is 486 g/mol. The third-order valence-corrected chi connectivity index (χ3v) is 8.33. The third-order valence-electron chi connectivity index (χ3n) is 6.68. The summed E-state index contributed by atoms with van der Waals surface area (Å²) < 4.78 is 0. The summed E-state index contributed by atoms with van der Waals surface area (Å²) in [6.07, 6.45) is 7.08. The van der Waals surface area contributed by atoms with E-state index in [0.717, 1.165) is 16.3 Å². The Hall–Kier alpha value is -2.39. The zero-order chi connectivity index (χ0) is 23.4. The zero-order valence-corrected chi connectivity index (χ0v) is 20.7. The molecule has 2 aromatic rings. The molecule has 0 saturated carbocycles. The number of rotatable bonds is 8. The van der Waals surface area contributed by atoms with E-state index in [1.54, 1.807) is 23.6 Å². The fourth-order valence-electron chi connectivity index (χ4n) is 5.03. The predicted octanol–water partition coefficient (Wildman–Crippen LogP) is 4.05. The van der Waals surface area contributed by atoms with E-state index in [2.05, 4.69) is 10.3 Å². The van der Waals surface area contributed by atoms with Crippen LogP contribution in [-0.4, -0.2) is 64.1 Å². The molecule has 1 atom stereocenters. The molecule has 33 heavy (non-hydrogen) atoms. The highest BCUT2D eigenvalue weighted by molar-refractivity contribution is 7.98. The molecule has 4 rings (SSSR count). The quantitative estimate of drug-likeness (QED) is 0.450. The minimum atomic E-state index is -0.866. The van der Waals surface area contributed by atoms with Crippen molar-refractivity contribution in [2.75, 3.05) is 25.9 Å². The Labute approximate surface area is 202 Å². The van der Waals surface area contributed by atoms with Crippen LogP contribution in [0, 0.1) is 5.92 Å². The van der Waals surface area contributed by atoms with Crippen molar-refractivity contribution in [1.82, 2.24) is 20.1 Å². The van der Waals surface area contributed by atoms with Crippen LogP contribution in [0.3, 0.4) is 0 Å². The maximum atomic E-state index is 13.6. The molecule has 2 aliphatic rings. The van der Waals surface area contributed by atoms with Crippen LogP contribution in [0.15, 0.2) is 40.9 Å². The molecule has 1 unspecified atom stereocenters. The van der Waals surface area contributed by atoms with Crippen LogP contribution in [0.2, 0.25) is 0 Å². The molecule has 2 aromatic heterocycles. The second kappa shape index (κ2) is 10.3. The van der Waals surface area contributed by atoms with Gasteiger partial charge in [0.1, 0.15) is 10.6 Å². The number of carbonyl (C=O) groups excluding carboxylic acids is 3. The maximum absolute atomic E-state index is 13.6. The lowest BCUT2D eigenvalue weighted by molar-refractivity contribution is -0.134. The largest absolute Gasteiger partial charge is 0.339 e. The first kappa shape index (κ1) is 23.8. The molecule has 0 radical (unpaired) electrons. The molecule has 4 heterocycles. The normalized spacial score (nSPS) is 21.5. The smallest absolute Gasteiger partial charge is 0.325 e. The first-order valence-corrected chi connectivity index (χ1v) is 13.6. The Morgan fingerprint density at radius 3 is 2.73 bits per heavy atom. The van der Waals surface area contributed by atoms with Crippen molar-refractivity contribution in [1.29, 1.82) is 0 Å². The molecule has 0 bridgehead atoms. The van der Waals surface area contributed by atoms with Crippen LogP contribution in [-0.2, 0) is 11.2 Å². The number of hydrogen-bond donors (Lipinski definition) is 1. The van der Waals surface area contributed by atoms with Gasteiger partial charge in [0.25, 0.3) is 11.8 Å². The highest BCUT2D eigenvalue weighted by atomic mass is 32.2. The topological polar surface area (TPSA) is 82.6 Å². The van der Waals surface area contributed by atoms with Gasteiger partial charge in [-0.15, -0.1) is 23.1 Å². The predicted molar refractivity (Wildman–Crippen MR) is 131 cm³/mol. The van der Waals surface area contributed by atoms with Crippen molar-refractivity contribution in [2.24, 2.45) is 5.92 Å². The molecular weight excluding hydrogens is 456 g/mol. The van der Waals surface area contributed by atoms with Crippen molar-refractivity contribution in [3.05, 3.63) is 46.3 Å². The van der Waals surface area contributed by atoms with Gasteiger partial charge in [-0.05, 0) is 61.4 Å². The number of thiophene rings is 1. The van der Waals surface area contributed by atoms with E-state index in [9.17, 15) is 14.4 Å². The summed E-state index contributed by atoms with van der Waals surface area (Å²) in [6, 6.07) is 7.32. The lowest BCUT2D eigenvalue weighted by Gasteiger charge is -2.41. The van der Waals surface area contributed by atoms with E-state index in [1.807, 2.05) is 41.7 Å². The van der Waals surface area contributed by atoms with Gasteiger partial charge in [0, 0.05) is 30.7 Å². The molecule has 4 amide bonds. The third kappa shape index (κ3) is 4.66. The number of nitrogens with one attached hydrogen (secondary N) is 1. The molecule has 0 spiro atoms. The molecule has 2 saturated heterocycles. The van der Waals surface area contributed by atoms with Crippen LogP contribution in [0.4, 0.5) is 4.79 Å². The Bertz CT molecular complexity index is 1000. The number of urea groups is 1. The lowest BCUT2D eigenvalue weighted by Crippen LogP contribution is -2.56. The summed E-state index contributed by atoms with van der Waals surface area (Å²) in [5.74, 6) is -0.110. The number of carbonyl (C=O) groups is 3. The minimum absolute atomic E-state index is 0.0126. The second-order valence-electron chi connectivity index (χ2n) is 8.56. The number of imide groups is 1. The van der Waals surface area contributed by atoms with Gasteiger partial charge in [0.05, 0.1) is 5.56 Å². The SMILES string of the molecule is CCCC1(C2CCN(C(=O)c3cccnc3SC)CC2)NC(=O)N(CCc2cccs2)C1=O. The number of pyridine rings is 1. The van der Waals surface area contributed by atoms with Crippen molar-refractivity contribution in [3.63, 3.8) is 0 Å². The van der Waals surface area contributed by atoms with Gasteiger partial charge in [-0.25, -0.2) is 9.78 Å². The molecule has 0 aromatic carbocycles. The summed E-state index contributed by atoms with van der Waals surface area (Å²) in [7, 11) is 0. The molecule has 9 heteroatoms. The van der Waals surface area contributed by atoms with Crippen LogP contribution < -0.4 is 5.32 Å². The van der Waals surface area contributed by atoms with E-state index < -0.39 is 5.54 Å². The average molecular weight is 487 g/mol. The van der Waals surface area contributed by atoms with Gasteiger partial charge >= 0.3 is 6.03 Å². The summed E-state index contributed by atoms with van der Waals surface area (Å²) >= 11 is 3.10. The van der Waals surface area contributed by atoms with Crippen LogP contribution in [0.1, 0.15) is 47.8 Å². The van der Waals surface area contributed by atoms with Gasteiger partial charge in [-0.1, -0.05) is 19.4 Å². The number of thioether (sulfide) groups is 1. The van der Waals surface area contributed by atoms with Crippen molar-refractivity contribution < 1.29 is 14.4 Å². The molecular formula is C24H30N4O3S2. The van der Waals surface area contributed by atoms with Gasteiger partial charge in [-0.2, -0.15) is 0 Å². The second-order valence-corrected chi connectivity index (χ2v) is 10.4. The summed E-state index contributed by atoms with van der Waals surface area (Å²) in [5, 5.41) is 5.82. The molecule has 2 fully saturated rings. The maximum Gasteiger partial charge on any atom is 0.325 e. The minimum Gasteiger partial charge on any atom is -0.339 e. The van der Waals surface area contributed by atoms with E-state index in [-0.39, 0.29) is 23.8 Å². The first-order chi connectivity index (χ1) is 16.0. The van der Waals surface area contributed by atoms with E-state index >= 15 is 0 Å². The summed E-state index contributed by atoms with van der Waals surface area (Å²) in [4.78, 5) is 48.2. The number of hydrogen-bond acceptors (Lipinski definition) is 6. The Balaban J connectivity index is 1.45. The highest BCUT2D eigenvalue weighted by Gasteiger charge is 2.55. The van der Waals surface area contributed by atoms with Crippen molar-refractivity contribution in [3.8, 4) is 0 Å². The van der Waals surface area contributed by atoms with Gasteiger partial charge < -0.3 is 10.2 Å². The molecule has 1 N–H and O–H groups in total. The number of aromatic nitrogens is 1. The van der Waals surface area contributed by atoms with E-state index in [1.165, 1.54) is 16.7 Å². The molecule has 0 aliphatic carbocycles. The van der Waals surface area contributed by atoms with Crippen molar-refractivity contribution in [2.45, 2.75) is 49.6 Å². The molecule has 176 valence electrons. The summed E-state index contributed by atoms with van der Waals surface area (Å²) in [5.41, 5.74) is -0.244. The summed E-state index contributed by atoms with van der Waals surface area (Å²) in [6.45, 7) is 3.57. The van der Waals surface area contributed by atoms with Gasteiger partial charge in [0.15, 0.2) is 0 Å². The Morgan fingerprint density at radius 1 is 1.27 bits per heavy atom. The van der Waals surface area contributed by atoms with Crippen LogP contribution >= 0.6 is 23.1 Å². The van der Waals surface area contributed by atoms with Crippen LogP contribution in [0.5, 0.6) is 0 Å². The van der Waals surface area contributed by atoms with Gasteiger partial charge in [0.2, 0.25) is 0 Å². The average Bonchev–Trinajstić information content (AvgIpc) is 3.44. The number of amides is 4. The van der Waals surface area contributed by atoms with Gasteiger partial charge in [-0.3, -0.25) is 14.5 Å². The van der Waals surface area contributed by atoms with Crippen molar-refractivity contribution >= 4 is 40.9 Å². The fraction of sp³-hybridized carbons (Fsp3) is 0.500. The fourth-order valence-corrected chi connectivity index (χ4v) is 6.27.